The fraction of sp³-hybridized carbons (Fsp3) is 0.632. The zero-order chi connectivity index (χ0) is 32.5. The van der Waals surface area contributed by atoms with Crippen LogP contribution in [0.2, 0.25) is 0 Å². The van der Waals surface area contributed by atoms with Crippen molar-refractivity contribution in [1.82, 2.24) is 0 Å². The summed E-state index contributed by atoms with van der Waals surface area (Å²) in [6, 6.07) is 0. The topological polar surface area (TPSA) is 93.1 Å². The van der Waals surface area contributed by atoms with Gasteiger partial charge < -0.3 is 19.7 Å². The predicted molar refractivity (Wildman–Crippen MR) is 183 cm³/mol. The molecule has 0 rings (SSSR count). The summed E-state index contributed by atoms with van der Waals surface area (Å²) >= 11 is 0. The second kappa shape index (κ2) is 31.7. The molecule has 2 N–H and O–H groups in total. The first-order chi connectivity index (χ1) is 21.4. The molecule has 0 amide bonds. The normalized spacial score (nSPS) is 14.6. The third-order valence-electron chi connectivity index (χ3n) is 7.17. The van der Waals surface area contributed by atoms with E-state index in [9.17, 15) is 19.8 Å². The zero-order valence-corrected chi connectivity index (χ0v) is 27.9. The minimum Gasteiger partial charge on any atom is -0.462 e. The number of aliphatic hydroxyl groups excluding tert-OH is 2. The molecule has 0 aliphatic heterocycles. The number of carbonyl (C=O) groups is 2. The number of carbonyl (C=O) groups excluding carboxylic acids is 2. The van der Waals surface area contributed by atoms with Crippen LogP contribution in [0.5, 0.6) is 0 Å². The lowest BCUT2D eigenvalue weighted by Crippen LogP contribution is -2.28. The lowest BCUT2D eigenvalue weighted by Gasteiger charge is -2.16. The van der Waals surface area contributed by atoms with Gasteiger partial charge in [-0.1, -0.05) is 139 Å². The number of ether oxygens (including phenoxy) is 2. The molecule has 6 heteroatoms. The van der Waals surface area contributed by atoms with E-state index in [1.54, 1.807) is 12.2 Å². The van der Waals surface area contributed by atoms with Gasteiger partial charge in [-0.3, -0.25) is 9.59 Å². The third-order valence-corrected chi connectivity index (χ3v) is 7.17. The second-order valence-corrected chi connectivity index (χ2v) is 11.3. The third kappa shape index (κ3) is 29.4. The number of aliphatic hydroxyl groups is 2. The summed E-state index contributed by atoms with van der Waals surface area (Å²) < 4.78 is 10.4. The average Bonchev–Trinajstić information content (AvgIpc) is 3.02. The van der Waals surface area contributed by atoms with Crippen molar-refractivity contribution >= 4 is 11.9 Å². The van der Waals surface area contributed by atoms with Crippen molar-refractivity contribution in [3.05, 3.63) is 72.9 Å². The Bertz CT molecular complexity index is 867. The van der Waals surface area contributed by atoms with Crippen LogP contribution in [0.3, 0.4) is 0 Å². The SMILES string of the molecule is CC/C=C\C/C=C\C/C=C\C/C=C\C/C=C\C=C/C(O)CCC(=O)O[C@@H](CO)COC(=O)CCCCCCCCC(C)CC. The van der Waals surface area contributed by atoms with Gasteiger partial charge in [-0.25, -0.2) is 0 Å². The standard InChI is InChI=1S/C38H62O6/c1-4-6-7-8-9-10-11-12-13-14-15-16-17-18-22-25-28-35(40)30-31-38(42)44-36(32-39)33-43-37(41)29-26-23-20-19-21-24-27-34(3)5-2/h6-7,9-10,12-13,15-16,18,22,25,28,34-36,39-40H,4-5,8,11,14,17,19-21,23-24,26-27,29-33H2,1-3H3/b7-6-,10-9-,13-12-,16-15-,22-18-,28-25-/t34?,35?,36-/m0/s1. The predicted octanol–water partition coefficient (Wildman–Crippen LogP) is 9.05. The van der Waals surface area contributed by atoms with E-state index in [0.717, 1.165) is 57.3 Å². The summed E-state index contributed by atoms with van der Waals surface area (Å²) in [6.45, 7) is 6.08. The van der Waals surface area contributed by atoms with E-state index in [4.69, 9.17) is 9.47 Å². The molecular weight excluding hydrogens is 552 g/mol. The number of unbranched alkanes of at least 4 members (excludes halogenated alkanes) is 5. The molecule has 0 radical (unpaired) electrons. The Morgan fingerprint density at radius 2 is 1.25 bits per heavy atom. The van der Waals surface area contributed by atoms with Gasteiger partial charge in [0.05, 0.1) is 12.7 Å². The maximum atomic E-state index is 12.1. The average molecular weight is 615 g/mol. The Kier molecular flexibility index (Phi) is 29.8. The van der Waals surface area contributed by atoms with Gasteiger partial charge in [0, 0.05) is 12.8 Å². The van der Waals surface area contributed by atoms with Gasteiger partial charge in [0.1, 0.15) is 6.61 Å². The highest BCUT2D eigenvalue weighted by Crippen LogP contribution is 2.14. The summed E-state index contributed by atoms with van der Waals surface area (Å²) in [5, 5.41) is 19.6. The van der Waals surface area contributed by atoms with Crippen LogP contribution in [-0.4, -0.2) is 47.6 Å². The monoisotopic (exact) mass is 614 g/mol. The Labute approximate surface area is 268 Å². The van der Waals surface area contributed by atoms with Crippen LogP contribution in [0.15, 0.2) is 72.9 Å². The molecule has 0 saturated heterocycles. The molecule has 0 aromatic rings. The van der Waals surface area contributed by atoms with Crippen LogP contribution >= 0.6 is 0 Å². The maximum Gasteiger partial charge on any atom is 0.306 e. The van der Waals surface area contributed by atoms with Crippen LogP contribution < -0.4 is 0 Å². The van der Waals surface area contributed by atoms with Crippen LogP contribution in [-0.2, 0) is 19.1 Å². The highest BCUT2D eigenvalue weighted by molar-refractivity contribution is 5.70. The first-order valence-corrected chi connectivity index (χ1v) is 17.0. The Balaban J connectivity index is 3.93. The van der Waals surface area contributed by atoms with Crippen molar-refractivity contribution in [2.45, 2.75) is 136 Å². The zero-order valence-electron chi connectivity index (χ0n) is 27.9. The summed E-state index contributed by atoms with van der Waals surface area (Å²) in [5.74, 6) is -0.0797. The Morgan fingerprint density at radius 1 is 0.682 bits per heavy atom. The quantitative estimate of drug-likeness (QED) is 0.0395. The summed E-state index contributed by atoms with van der Waals surface area (Å²) in [4.78, 5) is 24.1. The molecule has 0 bridgehead atoms. The Morgan fingerprint density at radius 3 is 1.84 bits per heavy atom. The summed E-state index contributed by atoms with van der Waals surface area (Å²) in [6.07, 6.45) is 37.2. The van der Waals surface area contributed by atoms with Crippen molar-refractivity contribution in [1.29, 1.82) is 0 Å². The first-order valence-electron chi connectivity index (χ1n) is 17.0. The number of allylic oxidation sites excluding steroid dienone is 11. The van der Waals surface area contributed by atoms with Crippen molar-refractivity contribution < 1.29 is 29.3 Å². The number of rotatable bonds is 28. The molecule has 0 fully saturated rings. The van der Waals surface area contributed by atoms with Gasteiger partial charge in [-0.15, -0.1) is 0 Å². The van der Waals surface area contributed by atoms with Crippen molar-refractivity contribution in [3.63, 3.8) is 0 Å². The van der Waals surface area contributed by atoms with E-state index in [-0.39, 0.29) is 25.4 Å². The van der Waals surface area contributed by atoms with Gasteiger partial charge >= 0.3 is 11.9 Å². The fourth-order valence-corrected chi connectivity index (χ4v) is 4.17. The van der Waals surface area contributed by atoms with Gasteiger partial charge in [-0.05, 0) is 50.9 Å². The molecule has 3 atom stereocenters. The smallest absolute Gasteiger partial charge is 0.306 e. The number of hydrogen-bond donors (Lipinski definition) is 2. The molecule has 250 valence electrons. The molecule has 0 aromatic heterocycles. The minimum absolute atomic E-state index is 0.00102. The molecule has 0 aliphatic rings. The minimum atomic E-state index is -0.897. The number of esters is 2. The largest absolute Gasteiger partial charge is 0.462 e. The highest BCUT2D eigenvalue weighted by atomic mass is 16.6. The molecular formula is C38H62O6. The second-order valence-electron chi connectivity index (χ2n) is 11.3. The maximum absolute atomic E-state index is 12.1. The van der Waals surface area contributed by atoms with Crippen molar-refractivity contribution in [2.24, 2.45) is 5.92 Å². The molecule has 44 heavy (non-hydrogen) atoms. The van der Waals surface area contributed by atoms with Gasteiger partial charge in [-0.2, -0.15) is 0 Å². The Hall–Kier alpha value is -2.70. The van der Waals surface area contributed by atoms with Crippen molar-refractivity contribution in [3.8, 4) is 0 Å². The molecule has 2 unspecified atom stereocenters. The molecule has 0 saturated carbocycles. The van der Waals surface area contributed by atoms with E-state index in [2.05, 4.69) is 69.4 Å². The summed E-state index contributed by atoms with van der Waals surface area (Å²) in [5.41, 5.74) is 0. The number of hydrogen-bond acceptors (Lipinski definition) is 6. The molecule has 6 nitrogen and oxygen atoms in total. The molecule has 0 spiro atoms. The molecule has 0 heterocycles. The first kappa shape index (κ1) is 41.3. The molecule has 0 aliphatic carbocycles. The van der Waals surface area contributed by atoms with Crippen LogP contribution in [0.4, 0.5) is 0 Å². The van der Waals surface area contributed by atoms with Gasteiger partial charge in [0.25, 0.3) is 0 Å². The fourth-order valence-electron chi connectivity index (χ4n) is 4.17. The van der Waals surface area contributed by atoms with Crippen molar-refractivity contribution in [2.75, 3.05) is 13.2 Å². The molecule has 0 aromatic carbocycles. The van der Waals surface area contributed by atoms with Gasteiger partial charge in [0.2, 0.25) is 0 Å². The lowest BCUT2D eigenvalue weighted by molar-refractivity contribution is -0.161. The lowest BCUT2D eigenvalue weighted by atomic mass is 10.00. The van der Waals surface area contributed by atoms with Crippen LogP contribution in [0, 0.1) is 5.92 Å². The van der Waals surface area contributed by atoms with E-state index >= 15 is 0 Å². The van der Waals surface area contributed by atoms with Gasteiger partial charge in [0.15, 0.2) is 6.10 Å². The van der Waals surface area contributed by atoms with E-state index in [1.807, 2.05) is 12.2 Å². The van der Waals surface area contributed by atoms with Crippen LogP contribution in [0.1, 0.15) is 124 Å². The van der Waals surface area contributed by atoms with Crippen LogP contribution in [0.25, 0.3) is 0 Å². The highest BCUT2D eigenvalue weighted by Gasteiger charge is 2.17. The van der Waals surface area contributed by atoms with E-state index < -0.39 is 24.8 Å². The van der Waals surface area contributed by atoms with E-state index in [1.165, 1.54) is 32.1 Å². The van der Waals surface area contributed by atoms with E-state index in [0.29, 0.717) is 6.42 Å². The summed E-state index contributed by atoms with van der Waals surface area (Å²) in [7, 11) is 0.